The molecule has 1 saturated heterocycles. The van der Waals surface area contributed by atoms with Crippen LogP contribution in [-0.2, 0) is 11.3 Å². The summed E-state index contributed by atoms with van der Waals surface area (Å²) < 4.78 is 13.7. The van der Waals surface area contributed by atoms with Gasteiger partial charge in [-0.2, -0.15) is 0 Å². The highest BCUT2D eigenvalue weighted by Crippen LogP contribution is 2.30. The third-order valence-electron chi connectivity index (χ3n) is 3.81. The van der Waals surface area contributed by atoms with Crippen molar-refractivity contribution in [1.29, 1.82) is 0 Å². The SMILES string of the molecule is C[C@H](Sc1nnc(NCc2ccc(F)cc2)s1)C(=O)N1CCCC1. The minimum atomic E-state index is -0.245. The molecule has 1 aliphatic rings. The van der Waals surface area contributed by atoms with Crippen LogP contribution in [0.25, 0.3) is 0 Å². The molecule has 1 amide bonds. The highest BCUT2D eigenvalue weighted by molar-refractivity contribution is 8.02. The molecule has 128 valence electrons. The summed E-state index contributed by atoms with van der Waals surface area (Å²) in [6.45, 7) is 4.20. The number of halogens is 1. The van der Waals surface area contributed by atoms with E-state index in [1.165, 1.54) is 35.2 Å². The third-order valence-corrected chi connectivity index (χ3v) is 5.86. The molecular weight excluding hydrogens is 347 g/mol. The predicted octanol–water partition coefficient (Wildman–Crippen LogP) is 3.39. The summed E-state index contributed by atoms with van der Waals surface area (Å²) in [5.41, 5.74) is 0.971. The number of thioether (sulfide) groups is 1. The molecule has 3 rings (SSSR count). The Bertz CT molecular complexity index is 686. The fourth-order valence-corrected chi connectivity index (χ4v) is 4.48. The van der Waals surface area contributed by atoms with Gasteiger partial charge in [0, 0.05) is 19.6 Å². The van der Waals surface area contributed by atoms with E-state index in [-0.39, 0.29) is 17.0 Å². The topological polar surface area (TPSA) is 58.1 Å². The zero-order valence-corrected chi connectivity index (χ0v) is 15.0. The molecule has 2 heterocycles. The Hall–Kier alpha value is -1.67. The van der Waals surface area contributed by atoms with Crippen LogP contribution in [0.2, 0.25) is 0 Å². The van der Waals surface area contributed by atoms with E-state index >= 15 is 0 Å². The molecule has 8 heteroatoms. The van der Waals surface area contributed by atoms with E-state index in [4.69, 9.17) is 0 Å². The van der Waals surface area contributed by atoms with Crippen molar-refractivity contribution in [2.75, 3.05) is 18.4 Å². The van der Waals surface area contributed by atoms with Crippen LogP contribution in [0, 0.1) is 5.82 Å². The average molecular weight is 366 g/mol. The molecule has 1 N–H and O–H groups in total. The normalized spacial score (nSPS) is 15.5. The van der Waals surface area contributed by atoms with Crippen molar-refractivity contribution in [3.05, 3.63) is 35.6 Å². The Morgan fingerprint density at radius 2 is 2.04 bits per heavy atom. The fraction of sp³-hybridized carbons (Fsp3) is 0.438. The number of likely N-dealkylation sites (tertiary alicyclic amines) is 1. The molecule has 5 nitrogen and oxygen atoms in total. The van der Waals surface area contributed by atoms with Crippen LogP contribution < -0.4 is 5.32 Å². The van der Waals surface area contributed by atoms with E-state index in [0.29, 0.717) is 11.7 Å². The first-order valence-electron chi connectivity index (χ1n) is 7.89. The molecule has 1 aromatic carbocycles. The fourth-order valence-electron chi connectivity index (χ4n) is 2.51. The van der Waals surface area contributed by atoms with Crippen LogP contribution in [0.15, 0.2) is 28.6 Å². The van der Waals surface area contributed by atoms with Gasteiger partial charge in [0.1, 0.15) is 5.82 Å². The average Bonchev–Trinajstić information content (AvgIpc) is 3.25. The largest absolute Gasteiger partial charge is 0.356 e. The zero-order chi connectivity index (χ0) is 16.9. The summed E-state index contributed by atoms with van der Waals surface area (Å²) in [6.07, 6.45) is 2.19. The molecular formula is C16H19FN4OS2. The molecule has 1 atom stereocenters. The minimum absolute atomic E-state index is 0.152. The summed E-state index contributed by atoms with van der Waals surface area (Å²) in [4.78, 5) is 14.2. The van der Waals surface area contributed by atoms with E-state index in [9.17, 15) is 9.18 Å². The number of carbonyl (C=O) groups is 1. The standard InChI is InChI=1S/C16H19FN4OS2/c1-11(14(22)21-8-2-3-9-21)23-16-20-19-15(24-16)18-10-12-4-6-13(17)7-5-12/h4-7,11H,2-3,8-10H2,1H3,(H,18,19)/t11-/m0/s1. The Labute approximate surface area is 148 Å². The van der Waals surface area contributed by atoms with Gasteiger partial charge < -0.3 is 10.2 Å². The maximum Gasteiger partial charge on any atom is 0.235 e. The third kappa shape index (κ3) is 4.45. The molecule has 1 aromatic heterocycles. The number of aromatic nitrogens is 2. The van der Waals surface area contributed by atoms with Crippen molar-refractivity contribution in [3.63, 3.8) is 0 Å². The van der Waals surface area contributed by atoms with Gasteiger partial charge in [-0.05, 0) is 37.5 Å². The summed E-state index contributed by atoms with van der Waals surface area (Å²) in [5, 5.41) is 11.9. The monoisotopic (exact) mass is 366 g/mol. The van der Waals surface area contributed by atoms with E-state index in [2.05, 4.69) is 15.5 Å². The van der Waals surface area contributed by atoms with E-state index in [0.717, 1.165) is 35.8 Å². The Kier molecular flexibility index (Phi) is 5.68. The molecule has 0 bridgehead atoms. The van der Waals surface area contributed by atoms with Gasteiger partial charge in [0.25, 0.3) is 0 Å². The van der Waals surface area contributed by atoms with Crippen molar-refractivity contribution < 1.29 is 9.18 Å². The number of nitrogens with one attached hydrogen (secondary N) is 1. The number of rotatable bonds is 6. The Morgan fingerprint density at radius 1 is 1.33 bits per heavy atom. The smallest absolute Gasteiger partial charge is 0.235 e. The number of anilines is 1. The van der Waals surface area contributed by atoms with Gasteiger partial charge in [-0.25, -0.2) is 4.39 Å². The summed E-state index contributed by atoms with van der Waals surface area (Å²) in [5.74, 6) is -0.0708. The second kappa shape index (κ2) is 7.94. The highest BCUT2D eigenvalue weighted by Gasteiger charge is 2.24. The molecule has 0 aliphatic carbocycles. The Balaban J connectivity index is 1.51. The van der Waals surface area contributed by atoms with Crippen LogP contribution in [-0.4, -0.2) is 39.3 Å². The quantitative estimate of drug-likeness (QED) is 0.794. The van der Waals surface area contributed by atoms with Crippen molar-refractivity contribution in [1.82, 2.24) is 15.1 Å². The van der Waals surface area contributed by atoms with Crippen LogP contribution in [0.1, 0.15) is 25.3 Å². The van der Waals surface area contributed by atoms with Gasteiger partial charge in [0.15, 0.2) is 4.34 Å². The van der Waals surface area contributed by atoms with Gasteiger partial charge >= 0.3 is 0 Å². The maximum absolute atomic E-state index is 12.9. The lowest BCUT2D eigenvalue weighted by molar-refractivity contribution is -0.129. The molecule has 1 fully saturated rings. The van der Waals surface area contributed by atoms with E-state index in [1.807, 2.05) is 11.8 Å². The van der Waals surface area contributed by atoms with E-state index < -0.39 is 0 Å². The second-order valence-electron chi connectivity index (χ2n) is 5.65. The molecule has 1 aliphatic heterocycles. The first kappa shape index (κ1) is 17.2. The van der Waals surface area contributed by atoms with Crippen LogP contribution in [0.4, 0.5) is 9.52 Å². The van der Waals surface area contributed by atoms with Crippen molar-refractivity contribution in [3.8, 4) is 0 Å². The number of carbonyl (C=O) groups excluding carboxylic acids is 1. The van der Waals surface area contributed by atoms with Gasteiger partial charge in [0.2, 0.25) is 11.0 Å². The first-order chi connectivity index (χ1) is 11.6. The molecule has 0 radical (unpaired) electrons. The second-order valence-corrected chi connectivity index (χ2v) is 8.21. The predicted molar refractivity (Wildman–Crippen MR) is 94.8 cm³/mol. The highest BCUT2D eigenvalue weighted by atomic mass is 32.2. The lowest BCUT2D eigenvalue weighted by atomic mass is 10.2. The number of nitrogens with zero attached hydrogens (tertiary/aromatic N) is 3. The molecule has 0 saturated carbocycles. The first-order valence-corrected chi connectivity index (χ1v) is 9.59. The lowest BCUT2D eigenvalue weighted by Gasteiger charge is -2.18. The van der Waals surface area contributed by atoms with E-state index in [1.54, 1.807) is 12.1 Å². The zero-order valence-electron chi connectivity index (χ0n) is 13.4. The van der Waals surface area contributed by atoms with Gasteiger partial charge in [0.05, 0.1) is 5.25 Å². The molecule has 24 heavy (non-hydrogen) atoms. The van der Waals surface area contributed by atoms with Crippen LogP contribution in [0.5, 0.6) is 0 Å². The van der Waals surface area contributed by atoms with Crippen molar-refractivity contribution in [2.45, 2.75) is 35.9 Å². The summed E-state index contributed by atoms with van der Waals surface area (Å²) in [7, 11) is 0. The van der Waals surface area contributed by atoms with Gasteiger partial charge in [-0.1, -0.05) is 35.2 Å². The van der Waals surface area contributed by atoms with Crippen LogP contribution in [0.3, 0.4) is 0 Å². The van der Waals surface area contributed by atoms with Crippen molar-refractivity contribution >= 4 is 34.1 Å². The number of hydrogen-bond donors (Lipinski definition) is 1. The number of benzene rings is 1. The van der Waals surface area contributed by atoms with Gasteiger partial charge in [-0.3, -0.25) is 4.79 Å². The summed E-state index contributed by atoms with van der Waals surface area (Å²) in [6, 6.07) is 6.33. The van der Waals surface area contributed by atoms with Gasteiger partial charge in [-0.15, -0.1) is 10.2 Å². The maximum atomic E-state index is 12.9. The molecule has 0 spiro atoms. The molecule has 2 aromatic rings. The lowest BCUT2D eigenvalue weighted by Crippen LogP contribution is -2.33. The minimum Gasteiger partial charge on any atom is -0.356 e. The summed E-state index contributed by atoms with van der Waals surface area (Å²) >= 11 is 2.88. The Morgan fingerprint density at radius 3 is 2.75 bits per heavy atom. The molecule has 0 unspecified atom stereocenters. The number of hydrogen-bond acceptors (Lipinski definition) is 6. The number of amides is 1. The van der Waals surface area contributed by atoms with Crippen molar-refractivity contribution in [2.24, 2.45) is 0 Å². The van der Waals surface area contributed by atoms with Crippen LogP contribution >= 0.6 is 23.1 Å².